The molecule has 0 spiro atoms. The number of hydrogen-bond acceptors (Lipinski definition) is 4. The molecule has 1 N–H and O–H groups in total. The molecule has 1 aromatic heterocycles. The van der Waals surface area contributed by atoms with Gasteiger partial charge in [0.05, 0.1) is 10.7 Å². The van der Waals surface area contributed by atoms with Crippen LogP contribution in [0.3, 0.4) is 0 Å². The summed E-state index contributed by atoms with van der Waals surface area (Å²) >= 11 is 7.58. The van der Waals surface area contributed by atoms with Crippen LogP contribution in [0, 0.1) is 13.8 Å². The van der Waals surface area contributed by atoms with Crippen molar-refractivity contribution in [3.63, 3.8) is 0 Å². The molecule has 0 atom stereocenters. The Morgan fingerprint density at radius 3 is 2.64 bits per heavy atom. The first kappa shape index (κ1) is 17.5. The van der Waals surface area contributed by atoms with Crippen LogP contribution in [0.4, 0.5) is 5.69 Å². The van der Waals surface area contributed by atoms with Crippen LogP contribution in [-0.2, 0) is 6.61 Å². The first-order valence-corrected chi connectivity index (χ1v) is 8.98. The first-order valence-electron chi connectivity index (χ1n) is 7.72. The number of aryl methyl sites for hydroxylation is 2. The lowest BCUT2D eigenvalue weighted by atomic mass is 10.1. The molecule has 0 aliphatic rings. The van der Waals surface area contributed by atoms with Gasteiger partial charge in [0.1, 0.15) is 12.4 Å². The number of nitrogens with zero attached hydrogens (tertiary/aromatic N) is 1. The largest absolute Gasteiger partial charge is 0.487 e. The van der Waals surface area contributed by atoms with Gasteiger partial charge in [0.2, 0.25) is 0 Å². The molecule has 1 heterocycles. The van der Waals surface area contributed by atoms with Gasteiger partial charge in [0.25, 0.3) is 5.91 Å². The first-order chi connectivity index (χ1) is 12.0. The molecule has 4 nitrogen and oxygen atoms in total. The summed E-state index contributed by atoms with van der Waals surface area (Å²) in [6.45, 7) is 4.30. The fourth-order valence-corrected chi connectivity index (χ4v) is 3.03. The lowest BCUT2D eigenvalue weighted by Gasteiger charge is -2.10. The Balaban J connectivity index is 1.63. The SMILES string of the molecule is Cc1nc(COc2ccc(C(=O)Nc3cc(Cl)ccc3C)cc2)cs1. The molecule has 25 heavy (non-hydrogen) atoms. The van der Waals surface area contributed by atoms with Crippen LogP contribution in [0.1, 0.15) is 26.6 Å². The summed E-state index contributed by atoms with van der Waals surface area (Å²) in [6.07, 6.45) is 0. The maximum Gasteiger partial charge on any atom is 0.255 e. The average molecular weight is 373 g/mol. The molecule has 1 amide bonds. The number of amides is 1. The number of carbonyl (C=O) groups is 1. The lowest BCUT2D eigenvalue weighted by Crippen LogP contribution is -2.12. The van der Waals surface area contributed by atoms with E-state index in [1.807, 2.05) is 25.3 Å². The summed E-state index contributed by atoms with van der Waals surface area (Å²) in [5.41, 5.74) is 3.12. The fraction of sp³-hybridized carbons (Fsp3) is 0.158. The Kier molecular flexibility index (Phi) is 5.36. The molecular formula is C19H17ClN2O2S. The van der Waals surface area contributed by atoms with Crippen molar-refractivity contribution < 1.29 is 9.53 Å². The predicted octanol–water partition coefficient (Wildman–Crippen LogP) is 5.24. The van der Waals surface area contributed by atoms with Crippen molar-refractivity contribution >= 4 is 34.5 Å². The predicted molar refractivity (Wildman–Crippen MR) is 102 cm³/mol. The highest BCUT2D eigenvalue weighted by atomic mass is 35.5. The zero-order valence-corrected chi connectivity index (χ0v) is 15.4. The molecule has 0 bridgehead atoms. The number of thiazole rings is 1. The summed E-state index contributed by atoms with van der Waals surface area (Å²) < 4.78 is 5.69. The molecule has 0 radical (unpaired) electrons. The zero-order valence-electron chi connectivity index (χ0n) is 13.9. The van der Waals surface area contributed by atoms with Crippen molar-refractivity contribution in [3.05, 3.63) is 74.7 Å². The number of ether oxygens (including phenoxy) is 1. The Morgan fingerprint density at radius 2 is 1.96 bits per heavy atom. The quantitative estimate of drug-likeness (QED) is 0.665. The van der Waals surface area contributed by atoms with Gasteiger partial charge >= 0.3 is 0 Å². The molecular weight excluding hydrogens is 356 g/mol. The van der Waals surface area contributed by atoms with Crippen LogP contribution < -0.4 is 10.1 Å². The highest BCUT2D eigenvalue weighted by Gasteiger charge is 2.09. The van der Waals surface area contributed by atoms with E-state index in [4.69, 9.17) is 16.3 Å². The number of aromatic nitrogens is 1. The van der Waals surface area contributed by atoms with Gasteiger partial charge in [-0.25, -0.2) is 4.98 Å². The second-order valence-corrected chi connectivity index (χ2v) is 7.08. The van der Waals surface area contributed by atoms with Crippen LogP contribution in [0.5, 0.6) is 5.75 Å². The normalized spacial score (nSPS) is 10.5. The number of benzene rings is 2. The second-order valence-electron chi connectivity index (χ2n) is 5.58. The molecule has 0 aliphatic carbocycles. The maximum atomic E-state index is 12.4. The van der Waals surface area contributed by atoms with Crippen LogP contribution in [0.15, 0.2) is 47.8 Å². The molecule has 128 valence electrons. The van der Waals surface area contributed by atoms with Crippen LogP contribution >= 0.6 is 22.9 Å². The van der Waals surface area contributed by atoms with Crippen molar-refractivity contribution in [2.45, 2.75) is 20.5 Å². The van der Waals surface area contributed by atoms with E-state index in [0.717, 1.165) is 16.3 Å². The third-order valence-corrected chi connectivity index (χ3v) is 4.68. The minimum absolute atomic E-state index is 0.188. The maximum absolute atomic E-state index is 12.4. The van der Waals surface area contributed by atoms with E-state index in [2.05, 4.69) is 10.3 Å². The van der Waals surface area contributed by atoms with Crippen LogP contribution in [-0.4, -0.2) is 10.9 Å². The van der Waals surface area contributed by atoms with Crippen molar-refractivity contribution in [2.75, 3.05) is 5.32 Å². The molecule has 0 saturated heterocycles. The standard InChI is InChI=1S/C19H17ClN2O2S/c1-12-3-6-15(20)9-18(12)22-19(23)14-4-7-17(8-5-14)24-10-16-11-25-13(2)21-16/h3-9,11H,10H2,1-2H3,(H,22,23). The fourth-order valence-electron chi connectivity index (χ4n) is 2.26. The number of halogens is 1. The third-order valence-electron chi connectivity index (χ3n) is 3.62. The van der Waals surface area contributed by atoms with Crippen molar-refractivity contribution in [3.8, 4) is 5.75 Å². The van der Waals surface area contributed by atoms with E-state index in [9.17, 15) is 4.79 Å². The summed E-state index contributed by atoms with van der Waals surface area (Å²) in [5, 5.41) is 6.45. The van der Waals surface area contributed by atoms with Gasteiger partial charge in [-0.05, 0) is 55.8 Å². The molecule has 0 aliphatic heterocycles. The smallest absolute Gasteiger partial charge is 0.255 e. The van der Waals surface area contributed by atoms with E-state index in [1.165, 1.54) is 0 Å². The number of anilines is 1. The Hall–Kier alpha value is -2.37. The Morgan fingerprint density at radius 1 is 1.20 bits per heavy atom. The minimum Gasteiger partial charge on any atom is -0.487 e. The van der Waals surface area contributed by atoms with Gasteiger partial charge in [-0.15, -0.1) is 11.3 Å². The van der Waals surface area contributed by atoms with Gasteiger partial charge < -0.3 is 10.1 Å². The minimum atomic E-state index is -0.188. The molecule has 2 aromatic carbocycles. The van der Waals surface area contributed by atoms with E-state index >= 15 is 0 Å². The molecule has 3 aromatic rings. The highest BCUT2D eigenvalue weighted by Crippen LogP contribution is 2.21. The number of carbonyl (C=O) groups excluding carboxylic acids is 1. The molecule has 0 fully saturated rings. The van der Waals surface area contributed by atoms with Gasteiger partial charge in [-0.2, -0.15) is 0 Å². The van der Waals surface area contributed by atoms with Crippen molar-refractivity contribution in [1.82, 2.24) is 4.98 Å². The van der Waals surface area contributed by atoms with E-state index < -0.39 is 0 Å². The molecule has 6 heteroatoms. The number of nitrogens with one attached hydrogen (secondary N) is 1. The number of rotatable bonds is 5. The van der Waals surface area contributed by atoms with Gasteiger partial charge in [-0.1, -0.05) is 17.7 Å². The molecule has 0 saturated carbocycles. The third kappa shape index (κ3) is 4.59. The second kappa shape index (κ2) is 7.68. The van der Waals surface area contributed by atoms with Crippen LogP contribution in [0.2, 0.25) is 5.02 Å². The number of hydrogen-bond donors (Lipinski definition) is 1. The molecule has 0 unspecified atom stereocenters. The summed E-state index contributed by atoms with van der Waals surface area (Å²) in [5.74, 6) is 0.508. The van der Waals surface area contributed by atoms with Crippen molar-refractivity contribution in [1.29, 1.82) is 0 Å². The Bertz CT molecular complexity index is 891. The monoisotopic (exact) mass is 372 g/mol. The van der Waals surface area contributed by atoms with Crippen LogP contribution in [0.25, 0.3) is 0 Å². The highest BCUT2D eigenvalue weighted by molar-refractivity contribution is 7.09. The van der Waals surface area contributed by atoms with Gasteiger partial charge in [0.15, 0.2) is 0 Å². The zero-order chi connectivity index (χ0) is 17.8. The summed E-state index contributed by atoms with van der Waals surface area (Å²) in [6, 6.07) is 12.4. The van der Waals surface area contributed by atoms with E-state index in [1.54, 1.807) is 47.7 Å². The Labute approximate surface area is 155 Å². The molecule has 3 rings (SSSR count). The van der Waals surface area contributed by atoms with Gasteiger partial charge in [0, 0.05) is 21.7 Å². The average Bonchev–Trinajstić information content (AvgIpc) is 3.02. The summed E-state index contributed by atoms with van der Waals surface area (Å²) in [4.78, 5) is 16.7. The van der Waals surface area contributed by atoms with E-state index in [0.29, 0.717) is 28.6 Å². The lowest BCUT2D eigenvalue weighted by molar-refractivity contribution is 0.102. The summed E-state index contributed by atoms with van der Waals surface area (Å²) in [7, 11) is 0. The van der Waals surface area contributed by atoms with Gasteiger partial charge in [-0.3, -0.25) is 4.79 Å². The topological polar surface area (TPSA) is 51.2 Å². The van der Waals surface area contributed by atoms with Crippen molar-refractivity contribution in [2.24, 2.45) is 0 Å². The van der Waals surface area contributed by atoms with E-state index in [-0.39, 0.29) is 5.91 Å².